The quantitative estimate of drug-likeness (QED) is 0.512. The van der Waals surface area contributed by atoms with Gasteiger partial charge in [-0.2, -0.15) is 0 Å². The number of nitrogens with zero attached hydrogens (tertiary/aromatic N) is 3. The van der Waals surface area contributed by atoms with Crippen molar-refractivity contribution < 1.29 is 14.3 Å². The minimum absolute atomic E-state index is 0.0506. The molecule has 1 N–H and O–H groups in total. The number of piperidine rings is 1. The van der Waals surface area contributed by atoms with E-state index < -0.39 is 0 Å². The molecule has 0 bridgehead atoms. The van der Waals surface area contributed by atoms with Crippen LogP contribution >= 0.6 is 11.3 Å². The Kier molecular flexibility index (Phi) is 7.80. The van der Waals surface area contributed by atoms with E-state index in [1.54, 1.807) is 0 Å². The van der Waals surface area contributed by atoms with Crippen molar-refractivity contribution >= 4 is 23.2 Å². The molecule has 3 heterocycles. The molecule has 8 heteroatoms. The van der Waals surface area contributed by atoms with Crippen LogP contribution in [0.3, 0.4) is 0 Å². The summed E-state index contributed by atoms with van der Waals surface area (Å²) in [5.74, 6) is 0.809. The number of para-hydroxylation sites is 1. The van der Waals surface area contributed by atoms with E-state index in [1.807, 2.05) is 69.0 Å². The first-order valence-electron chi connectivity index (χ1n) is 12.1. The van der Waals surface area contributed by atoms with Gasteiger partial charge in [-0.3, -0.25) is 14.6 Å². The molecule has 4 rings (SSSR count). The molecule has 2 amide bonds. The summed E-state index contributed by atoms with van der Waals surface area (Å²) in [4.78, 5) is 38.0. The number of nitrogens with one attached hydrogen (secondary N) is 1. The van der Waals surface area contributed by atoms with E-state index in [0.29, 0.717) is 31.8 Å². The van der Waals surface area contributed by atoms with E-state index in [1.165, 1.54) is 11.3 Å². The van der Waals surface area contributed by atoms with Crippen molar-refractivity contribution in [2.45, 2.75) is 53.0 Å². The second-order valence-corrected chi connectivity index (χ2v) is 10.0. The number of carbonyl (C=O) groups excluding carboxylic acids is 2. The number of aryl methyl sites for hydroxylation is 3. The average Bonchev–Trinajstić information content (AvgIpc) is 3.20. The third-order valence-electron chi connectivity index (χ3n) is 6.29. The predicted octanol–water partition coefficient (Wildman–Crippen LogP) is 4.81. The van der Waals surface area contributed by atoms with Crippen molar-refractivity contribution in [3.8, 4) is 5.75 Å². The highest BCUT2D eigenvalue weighted by molar-refractivity contribution is 7.13. The maximum absolute atomic E-state index is 13.2. The van der Waals surface area contributed by atoms with E-state index in [2.05, 4.69) is 10.3 Å². The molecule has 0 aliphatic carbocycles. The number of pyridine rings is 1. The fraction of sp³-hybridized carbons (Fsp3) is 0.407. The summed E-state index contributed by atoms with van der Waals surface area (Å²) in [6.45, 7) is 9.92. The largest absolute Gasteiger partial charge is 0.494 e. The lowest BCUT2D eigenvalue weighted by atomic mass is 9.89. The summed E-state index contributed by atoms with van der Waals surface area (Å²) < 4.78 is 5.68. The maximum Gasteiger partial charge on any atom is 0.265 e. The summed E-state index contributed by atoms with van der Waals surface area (Å²) in [7, 11) is 0. The van der Waals surface area contributed by atoms with Crippen LogP contribution in [0.4, 0.5) is 0 Å². The number of ether oxygens (including phenoxy) is 1. The molecule has 3 aromatic rings. The third kappa shape index (κ3) is 5.70. The van der Waals surface area contributed by atoms with Crippen molar-refractivity contribution in [3.63, 3.8) is 0 Å². The second-order valence-electron chi connectivity index (χ2n) is 8.82. The highest BCUT2D eigenvalue weighted by Gasteiger charge is 2.29. The van der Waals surface area contributed by atoms with Gasteiger partial charge in [0.2, 0.25) is 0 Å². The van der Waals surface area contributed by atoms with Gasteiger partial charge >= 0.3 is 0 Å². The summed E-state index contributed by atoms with van der Waals surface area (Å²) in [5.41, 5.74) is 4.03. The molecule has 0 atom stereocenters. The Bertz CT molecular complexity index is 1210. The van der Waals surface area contributed by atoms with Crippen LogP contribution in [-0.4, -0.2) is 46.4 Å². The Hall–Kier alpha value is -3.26. The van der Waals surface area contributed by atoms with E-state index in [-0.39, 0.29) is 17.7 Å². The van der Waals surface area contributed by atoms with Gasteiger partial charge in [0.15, 0.2) is 0 Å². The summed E-state index contributed by atoms with van der Waals surface area (Å²) in [6, 6.07) is 11.5. The molecule has 1 aliphatic rings. The van der Waals surface area contributed by atoms with Gasteiger partial charge in [-0.25, -0.2) is 4.98 Å². The average molecular weight is 493 g/mol. The van der Waals surface area contributed by atoms with Crippen LogP contribution in [0.25, 0.3) is 0 Å². The number of hydrogen-bond donors (Lipinski definition) is 1. The Morgan fingerprint density at radius 3 is 2.51 bits per heavy atom. The number of rotatable bonds is 7. The van der Waals surface area contributed by atoms with Gasteiger partial charge in [0.25, 0.3) is 11.8 Å². The first-order valence-corrected chi connectivity index (χ1v) is 12.9. The molecule has 7 nitrogen and oxygen atoms in total. The van der Waals surface area contributed by atoms with Crippen molar-refractivity contribution in [3.05, 3.63) is 74.5 Å². The number of amides is 2. The van der Waals surface area contributed by atoms with Gasteiger partial charge < -0.3 is 15.0 Å². The molecule has 1 fully saturated rings. The SMILES string of the molecule is CCOc1ccccc1CNC(=O)c1ccc(C)nc1C1CCN(C(=O)c2sc(C)nc2C)CC1. The molecule has 2 aromatic heterocycles. The summed E-state index contributed by atoms with van der Waals surface area (Å²) in [5, 5.41) is 3.95. The van der Waals surface area contributed by atoms with Gasteiger partial charge in [-0.15, -0.1) is 11.3 Å². The Morgan fingerprint density at radius 1 is 1.09 bits per heavy atom. The third-order valence-corrected chi connectivity index (χ3v) is 7.35. The molecule has 0 saturated carbocycles. The zero-order chi connectivity index (χ0) is 24.9. The molecule has 35 heavy (non-hydrogen) atoms. The van der Waals surface area contributed by atoms with Gasteiger partial charge in [0, 0.05) is 36.8 Å². The van der Waals surface area contributed by atoms with Gasteiger partial charge in [0.05, 0.1) is 28.6 Å². The molecule has 1 aromatic carbocycles. The molecule has 0 spiro atoms. The fourth-order valence-corrected chi connectivity index (χ4v) is 5.41. The normalized spacial score (nSPS) is 14.1. The van der Waals surface area contributed by atoms with Gasteiger partial charge in [-0.1, -0.05) is 18.2 Å². The van der Waals surface area contributed by atoms with Crippen molar-refractivity contribution in [2.75, 3.05) is 19.7 Å². The summed E-state index contributed by atoms with van der Waals surface area (Å²) in [6.07, 6.45) is 1.54. The van der Waals surface area contributed by atoms with Crippen molar-refractivity contribution in [1.29, 1.82) is 0 Å². The van der Waals surface area contributed by atoms with E-state index in [0.717, 1.165) is 51.1 Å². The van der Waals surface area contributed by atoms with Crippen LogP contribution in [0, 0.1) is 20.8 Å². The number of benzene rings is 1. The Morgan fingerprint density at radius 2 is 1.83 bits per heavy atom. The lowest BCUT2D eigenvalue weighted by molar-refractivity contribution is 0.0714. The molecule has 1 saturated heterocycles. The molecule has 0 radical (unpaired) electrons. The standard InChI is InChI=1S/C27H32N4O3S/c1-5-34-23-9-7-6-8-21(23)16-28-26(32)22-11-10-17(2)29-24(22)20-12-14-31(15-13-20)27(33)25-18(3)30-19(4)35-25/h6-11,20H,5,12-16H2,1-4H3,(H,28,32). The number of thiazole rings is 1. The smallest absolute Gasteiger partial charge is 0.265 e. The van der Waals surface area contributed by atoms with Gasteiger partial charge in [0.1, 0.15) is 10.6 Å². The predicted molar refractivity (Wildman–Crippen MR) is 137 cm³/mol. The van der Waals surface area contributed by atoms with Crippen LogP contribution in [0.2, 0.25) is 0 Å². The zero-order valence-corrected chi connectivity index (χ0v) is 21.6. The molecular formula is C27H32N4O3S. The number of hydrogen-bond acceptors (Lipinski definition) is 6. The number of likely N-dealkylation sites (tertiary alicyclic amines) is 1. The number of aromatic nitrogens is 2. The Labute approximate surface area is 210 Å². The van der Waals surface area contributed by atoms with Crippen molar-refractivity contribution in [2.24, 2.45) is 0 Å². The maximum atomic E-state index is 13.2. The van der Waals surface area contributed by atoms with Crippen molar-refractivity contribution in [1.82, 2.24) is 20.2 Å². The Balaban J connectivity index is 1.45. The summed E-state index contributed by atoms with van der Waals surface area (Å²) >= 11 is 1.45. The van der Waals surface area contributed by atoms with Gasteiger partial charge in [-0.05, 0) is 58.7 Å². The second kappa shape index (κ2) is 11.0. The fourth-order valence-electron chi connectivity index (χ4n) is 4.53. The lowest BCUT2D eigenvalue weighted by Gasteiger charge is -2.32. The minimum atomic E-state index is -0.145. The van der Waals surface area contributed by atoms with E-state index >= 15 is 0 Å². The van der Waals surface area contributed by atoms with Crippen LogP contribution in [-0.2, 0) is 6.54 Å². The molecule has 1 aliphatic heterocycles. The van der Waals surface area contributed by atoms with Crippen LogP contribution in [0.1, 0.15) is 73.4 Å². The first kappa shape index (κ1) is 24.9. The minimum Gasteiger partial charge on any atom is -0.494 e. The molecular weight excluding hydrogens is 460 g/mol. The van der Waals surface area contributed by atoms with E-state index in [4.69, 9.17) is 9.72 Å². The molecule has 0 unspecified atom stereocenters. The monoisotopic (exact) mass is 492 g/mol. The highest BCUT2D eigenvalue weighted by Crippen LogP contribution is 2.31. The first-order chi connectivity index (χ1) is 16.9. The topological polar surface area (TPSA) is 84.4 Å². The zero-order valence-electron chi connectivity index (χ0n) is 20.8. The highest BCUT2D eigenvalue weighted by atomic mass is 32.1. The van der Waals surface area contributed by atoms with Crippen LogP contribution in [0.15, 0.2) is 36.4 Å². The van der Waals surface area contributed by atoms with E-state index in [9.17, 15) is 9.59 Å². The van der Waals surface area contributed by atoms with Crippen LogP contribution < -0.4 is 10.1 Å². The van der Waals surface area contributed by atoms with Crippen LogP contribution in [0.5, 0.6) is 5.75 Å². The number of carbonyl (C=O) groups is 2. The molecule has 184 valence electrons. The lowest BCUT2D eigenvalue weighted by Crippen LogP contribution is -2.38.